The number of benzene rings is 1. The zero-order valence-electron chi connectivity index (χ0n) is 16.8. The van der Waals surface area contributed by atoms with Gasteiger partial charge in [-0.3, -0.25) is 9.69 Å². The Morgan fingerprint density at radius 2 is 1.72 bits per heavy atom. The van der Waals surface area contributed by atoms with Gasteiger partial charge in [-0.15, -0.1) is 0 Å². The number of rotatable bonds is 7. The van der Waals surface area contributed by atoms with Crippen LogP contribution in [0.15, 0.2) is 40.8 Å². The van der Waals surface area contributed by atoms with Crippen molar-refractivity contribution >= 4 is 11.6 Å². The van der Waals surface area contributed by atoms with Crippen molar-refractivity contribution in [2.24, 2.45) is 0 Å². The van der Waals surface area contributed by atoms with E-state index in [4.69, 9.17) is 4.42 Å². The molecule has 0 aliphatic carbocycles. The van der Waals surface area contributed by atoms with Gasteiger partial charge in [0.2, 0.25) is 0 Å². The number of hydrogen-bond donors (Lipinski definition) is 1. The van der Waals surface area contributed by atoms with Crippen LogP contribution in [0.5, 0.6) is 0 Å². The van der Waals surface area contributed by atoms with Crippen LogP contribution in [-0.4, -0.2) is 68.1 Å². The van der Waals surface area contributed by atoms with Crippen LogP contribution in [-0.2, 0) is 6.54 Å². The van der Waals surface area contributed by atoms with Gasteiger partial charge in [0, 0.05) is 39.3 Å². The molecule has 1 N–H and O–H groups in total. The number of para-hydroxylation sites is 1. The lowest BCUT2D eigenvalue weighted by atomic mass is 10.2. The van der Waals surface area contributed by atoms with E-state index in [9.17, 15) is 9.18 Å². The summed E-state index contributed by atoms with van der Waals surface area (Å²) in [5.74, 6) is 0.827. The highest BCUT2D eigenvalue weighted by atomic mass is 19.1. The second-order valence-electron chi connectivity index (χ2n) is 7.79. The number of nitrogens with one attached hydrogen (secondary N) is 1. The first kappa shape index (κ1) is 19.9. The topological polar surface area (TPSA) is 52.0 Å². The van der Waals surface area contributed by atoms with Crippen molar-refractivity contribution in [3.63, 3.8) is 0 Å². The smallest absolute Gasteiger partial charge is 0.287 e. The summed E-state index contributed by atoms with van der Waals surface area (Å²) in [6.45, 7) is 7.65. The summed E-state index contributed by atoms with van der Waals surface area (Å²) >= 11 is 0. The van der Waals surface area contributed by atoms with E-state index in [2.05, 4.69) is 20.0 Å². The van der Waals surface area contributed by atoms with Crippen molar-refractivity contribution < 1.29 is 13.6 Å². The molecule has 7 heteroatoms. The van der Waals surface area contributed by atoms with Crippen molar-refractivity contribution in [1.82, 2.24) is 15.1 Å². The molecule has 29 heavy (non-hydrogen) atoms. The number of nitrogens with zero attached hydrogens (tertiary/aromatic N) is 3. The van der Waals surface area contributed by atoms with Crippen LogP contribution in [0.4, 0.5) is 10.1 Å². The number of carbonyl (C=O) groups is 1. The van der Waals surface area contributed by atoms with Gasteiger partial charge in [-0.05, 0) is 50.2 Å². The number of halogens is 1. The van der Waals surface area contributed by atoms with Crippen molar-refractivity contribution in [2.45, 2.75) is 19.4 Å². The van der Waals surface area contributed by atoms with Crippen LogP contribution >= 0.6 is 0 Å². The van der Waals surface area contributed by atoms with E-state index in [1.807, 2.05) is 18.2 Å². The molecule has 0 spiro atoms. The highest BCUT2D eigenvalue weighted by Crippen LogP contribution is 2.21. The maximum Gasteiger partial charge on any atom is 0.287 e. The van der Waals surface area contributed by atoms with Crippen molar-refractivity contribution in [3.8, 4) is 0 Å². The van der Waals surface area contributed by atoms with Gasteiger partial charge in [-0.25, -0.2) is 4.39 Å². The zero-order chi connectivity index (χ0) is 20.1. The highest BCUT2D eigenvalue weighted by molar-refractivity contribution is 5.91. The third-order valence-electron chi connectivity index (χ3n) is 5.74. The Morgan fingerprint density at radius 1 is 0.966 bits per heavy atom. The minimum atomic E-state index is -0.174. The van der Waals surface area contributed by atoms with Gasteiger partial charge in [0.1, 0.15) is 11.6 Å². The van der Waals surface area contributed by atoms with Gasteiger partial charge in [-0.1, -0.05) is 12.1 Å². The molecule has 1 aromatic heterocycles. The molecule has 1 amide bonds. The van der Waals surface area contributed by atoms with Crippen LogP contribution < -0.4 is 10.2 Å². The third kappa shape index (κ3) is 5.16. The number of amides is 1. The number of furan rings is 1. The molecular weight excluding hydrogens is 371 g/mol. The van der Waals surface area contributed by atoms with E-state index in [0.29, 0.717) is 24.5 Å². The molecular formula is C22H29FN4O2. The van der Waals surface area contributed by atoms with Crippen LogP contribution in [0.3, 0.4) is 0 Å². The average Bonchev–Trinajstić information content (AvgIpc) is 3.41. The monoisotopic (exact) mass is 400 g/mol. The predicted molar refractivity (Wildman–Crippen MR) is 111 cm³/mol. The number of carbonyl (C=O) groups excluding carboxylic acids is 1. The molecule has 0 bridgehead atoms. The fourth-order valence-electron chi connectivity index (χ4n) is 4.08. The predicted octanol–water partition coefficient (Wildman–Crippen LogP) is 2.57. The highest BCUT2D eigenvalue weighted by Gasteiger charge is 2.21. The van der Waals surface area contributed by atoms with E-state index in [1.165, 1.54) is 18.9 Å². The molecule has 2 aliphatic heterocycles. The summed E-state index contributed by atoms with van der Waals surface area (Å²) in [6, 6.07) is 10.5. The fourth-order valence-corrected chi connectivity index (χ4v) is 4.08. The summed E-state index contributed by atoms with van der Waals surface area (Å²) in [5.41, 5.74) is 0.665. The van der Waals surface area contributed by atoms with E-state index in [0.717, 1.165) is 51.6 Å². The number of hydrogen-bond acceptors (Lipinski definition) is 5. The third-order valence-corrected chi connectivity index (χ3v) is 5.74. The molecule has 156 valence electrons. The quantitative estimate of drug-likeness (QED) is 0.774. The van der Waals surface area contributed by atoms with Crippen LogP contribution in [0.2, 0.25) is 0 Å². The Kier molecular flexibility index (Phi) is 6.46. The Morgan fingerprint density at radius 3 is 2.48 bits per heavy atom. The Balaban J connectivity index is 1.22. The van der Waals surface area contributed by atoms with E-state index in [-0.39, 0.29) is 11.7 Å². The van der Waals surface area contributed by atoms with E-state index in [1.54, 1.807) is 12.1 Å². The normalized spacial score (nSPS) is 18.3. The Bertz CT molecular complexity index is 811. The average molecular weight is 400 g/mol. The maximum atomic E-state index is 14.0. The minimum Gasteiger partial charge on any atom is -0.455 e. The summed E-state index contributed by atoms with van der Waals surface area (Å²) in [7, 11) is 0. The van der Waals surface area contributed by atoms with Gasteiger partial charge in [0.25, 0.3) is 5.91 Å². The summed E-state index contributed by atoms with van der Waals surface area (Å²) in [4.78, 5) is 19.0. The Hall–Kier alpha value is -2.38. The first-order chi connectivity index (χ1) is 14.2. The molecule has 0 radical (unpaired) electrons. The molecule has 0 saturated carbocycles. The molecule has 4 rings (SSSR count). The Labute approximate surface area is 171 Å². The molecule has 0 atom stereocenters. The largest absolute Gasteiger partial charge is 0.455 e. The minimum absolute atomic E-state index is 0.153. The first-order valence-electron chi connectivity index (χ1n) is 10.5. The van der Waals surface area contributed by atoms with Gasteiger partial charge in [-0.2, -0.15) is 0 Å². The molecule has 1 aromatic carbocycles. The summed E-state index contributed by atoms with van der Waals surface area (Å²) < 4.78 is 19.7. The van der Waals surface area contributed by atoms with Crippen molar-refractivity contribution in [3.05, 3.63) is 53.7 Å². The first-order valence-corrected chi connectivity index (χ1v) is 10.5. The fraction of sp³-hybridized carbons (Fsp3) is 0.500. The zero-order valence-corrected chi connectivity index (χ0v) is 16.8. The summed E-state index contributed by atoms with van der Waals surface area (Å²) in [5, 5.41) is 2.94. The molecule has 2 saturated heterocycles. The molecule has 2 aliphatic rings. The second kappa shape index (κ2) is 9.41. The molecule has 2 fully saturated rings. The summed E-state index contributed by atoms with van der Waals surface area (Å²) in [6.07, 6.45) is 2.51. The lowest BCUT2D eigenvalue weighted by molar-refractivity contribution is 0.0918. The van der Waals surface area contributed by atoms with Crippen LogP contribution in [0, 0.1) is 5.82 Å². The second-order valence-corrected chi connectivity index (χ2v) is 7.79. The van der Waals surface area contributed by atoms with Crippen LogP contribution in [0.25, 0.3) is 0 Å². The maximum absolute atomic E-state index is 14.0. The molecule has 2 aromatic rings. The van der Waals surface area contributed by atoms with Gasteiger partial charge in [0.15, 0.2) is 5.76 Å². The molecule has 3 heterocycles. The molecule has 6 nitrogen and oxygen atoms in total. The lowest BCUT2D eigenvalue weighted by Crippen LogP contribution is -2.46. The molecule has 0 unspecified atom stereocenters. The number of likely N-dealkylation sites (tertiary alicyclic amines) is 1. The number of piperazine rings is 1. The van der Waals surface area contributed by atoms with Crippen molar-refractivity contribution in [2.75, 3.05) is 57.3 Å². The lowest BCUT2D eigenvalue weighted by Gasteiger charge is -2.35. The van der Waals surface area contributed by atoms with Gasteiger partial charge < -0.3 is 19.5 Å². The number of anilines is 1. The van der Waals surface area contributed by atoms with Gasteiger partial charge in [0.05, 0.1) is 12.2 Å². The van der Waals surface area contributed by atoms with Gasteiger partial charge >= 0.3 is 0 Å². The SMILES string of the molecule is O=C(NCCN1CCCC1)c1ccc(CN2CCN(c3ccccc3F)CC2)o1. The van der Waals surface area contributed by atoms with E-state index >= 15 is 0 Å². The van der Waals surface area contributed by atoms with Crippen LogP contribution in [0.1, 0.15) is 29.2 Å². The van der Waals surface area contributed by atoms with Crippen molar-refractivity contribution in [1.29, 1.82) is 0 Å². The standard InChI is InChI=1S/C22H29FN4O2/c23-19-5-1-2-6-20(19)27-15-13-26(14-16-27)17-18-7-8-21(29-18)22(28)24-9-12-25-10-3-4-11-25/h1-2,5-8H,3-4,9-17H2,(H,24,28). The van der Waals surface area contributed by atoms with E-state index < -0.39 is 0 Å².